The summed E-state index contributed by atoms with van der Waals surface area (Å²) in [6.07, 6.45) is 2.80. The highest BCUT2D eigenvalue weighted by Gasteiger charge is 2.49. The van der Waals surface area contributed by atoms with Gasteiger partial charge >= 0.3 is 0 Å². The molecule has 3 nitrogen and oxygen atoms in total. The molecule has 16 heavy (non-hydrogen) atoms. The molecule has 2 aliphatic rings. The Kier molecular flexibility index (Phi) is 2.58. The molecule has 1 aliphatic heterocycles. The molecule has 0 aromatic carbocycles. The van der Waals surface area contributed by atoms with Crippen molar-refractivity contribution in [2.45, 2.75) is 25.9 Å². The van der Waals surface area contributed by atoms with E-state index >= 15 is 0 Å². The molecule has 1 N–H and O–H groups in total. The lowest BCUT2D eigenvalue weighted by Crippen LogP contribution is -2.62. The van der Waals surface area contributed by atoms with Crippen molar-refractivity contribution in [3.63, 3.8) is 0 Å². The first kappa shape index (κ1) is 10.8. The third-order valence-electron chi connectivity index (χ3n) is 3.57. The first-order valence-corrected chi connectivity index (χ1v) is 6.75. The number of aromatic nitrogens is 1. The molecule has 1 aromatic rings. The number of ether oxygens (including phenoxy) is 1. The minimum atomic E-state index is 0.403. The molecule has 0 unspecified atom stereocenters. The Morgan fingerprint density at radius 1 is 1.44 bits per heavy atom. The van der Waals surface area contributed by atoms with Crippen LogP contribution in [0.5, 0.6) is 5.75 Å². The fraction of sp³-hybridized carbons (Fsp3) is 0.583. The Labute approximate surface area is 109 Å². The molecule has 86 valence electrons. The number of nitrogens with one attached hydrogen (secondary N) is 1. The van der Waals surface area contributed by atoms with Crippen LogP contribution in [0.3, 0.4) is 0 Å². The molecule has 0 bridgehead atoms. The van der Waals surface area contributed by atoms with Crippen LogP contribution < -0.4 is 10.1 Å². The van der Waals surface area contributed by atoms with Crippen molar-refractivity contribution in [1.82, 2.24) is 10.3 Å². The second-order valence-electron chi connectivity index (χ2n) is 4.99. The predicted octanol–water partition coefficient (Wildman–Crippen LogP) is 2.13. The van der Waals surface area contributed by atoms with E-state index in [1.165, 1.54) is 25.9 Å². The lowest BCUT2D eigenvalue weighted by Gasteiger charge is -2.53. The monoisotopic (exact) mass is 330 g/mol. The molecule has 0 radical (unpaired) electrons. The molecule has 1 saturated heterocycles. The Bertz CT molecular complexity index is 409. The van der Waals surface area contributed by atoms with Gasteiger partial charge in [-0.25, -0.2) is 4.98 Å². The number of pyridine rings is 1. The summed E-state index contributed by atoms with van der Waals surface area (Å²) in [6.45, 7) is 4.36. The van der Waals surface area contributed by atoms with E-state index in [9.17, 15) is 0 Å². The van der Waals surface area contributed by atoms with Gasteiger partial charge in [-0.1, -0.05) is 0 Å². The van der Waals surface area contributed by atoms with Gasteiger partial charge in [-0.15, -0.1) is 0 Å². The number of hydrogen-bond donors (Lipinski definition) is 1. The van der Waals surface area contributed by atoms with Gasteiger partial charge in [-0.2, -0.15) is 0 Å². The Morgan fingerprint density at radius 3 is 2.75 bits per heavy atom. The molecule has 3 rings (SSSR count). The second kappa shape index (κ2) is 3.84. The summed E-state index contributed by atoms with van der Waals surface area (Å²) in [4.78, 5) is 4.40. The van der Waals surface area contributed by atoms with E-state index < -0.39 is 0 Å². The fourth-order valence-corrected chi connectivity index (χ4v) is 3.22. The highest BCUT2D eigenvalue weighted by molar-refractivity contribution is 14.1. The van der Waals surface area contributed by atoms with Crippen LogP contribution in [0.4, 0.5) is 0 Å². The molecule has 1 saturated carbocycles. The molecule has 0 amide bonds. The maximum absolute atomic E-state index is 5.97. The van der Waals surface area contributed by atoms with Crippen molar-refractivity contribution < 1.29 is 4.74 Å². The standard InChI is InChI=1S/C12H15IN2O/c1-8-2-3-10(11(13)15-8)16-9-4-12(5-9)6-14-7-12/h2-3,9,14H,4-7H2,1H3. The third kappa shape index (κ3) is 1.82. The maximum atomic E-state index is 5.97. The Balaban J connectivity index is 1.62. The van der Waals surface area contributed by atoms with Crippen molar-refractivity contribution >= 4 is 22.6 Å². The van der Waals surface area contributed by atoms with Crippen molar-refractivity contribution in [2.75, 3.05) is 13.1 Å². The molecule has 1 spiro atoms. The smallest absolute Gasteiger partial charge is 0.151 e. The van der Waals surface area contributed by atoms with Gasteiger partial charge in [0, 0.05) is 24.2 Å². The van der Waals surface area contributed by atoms with E-state index in [-0.39, 0.29) is 0 Å². The summed E-state index contributed by atoms with van der Waals surface area (Å²) in [7, 11) is 0. The lowest BCUT2D eigenvalue weighted by molar-refractivity contribution is -0.0500. The van der Waals surface area contributed by atoms with Gasteiger partial charge in [0.05, 0.1) is 0 Å². The number of aryl methyl sites for hydroxylation is 1. The summed E-state index contributed by atoms with van der Waals surface area (Å²) in [6, 6.07) is 4.05. The van der Waals surface area contributed by atoms with Gasteiger partial charge < -0.3 is 10.1 Å². The second-order valence-corrected chi connectivity index (χ2v) is 6.02. The zero-order valence-corrected chi connectivity index (χ0v) is 11.5. The van der Waals surface area contributed by atoms with E-state index in [4.69, 9.17) is 4.74 Å². The molecule has 2 heterocycles. The van der Waals surface area contributed by atoms with Crippen LogP contribution in [0.15, 0.2) is 12.1 Å². The summed E-state index contributed by atoms with van der Waals surface area (Å²) in [5.41, 5.74) is 1.62. The van der Waals surface area contributed by atoms with Gasteiger partial charge in [0.25, 0.3) is 0 Å². The molecular weight excluding hydrogens is 315 g/mol. The summed E-state index contributed by atoms with van der Waals surface area (Å²) >= 11 is 2.24. The normalized spacial score (nSPS) is 22.6. The first-order chi connectivity index (χ1) is 7.67. The zero-order valence-electron chi connectivity index (χ0n) is 9.29. The maximum Gasteiger partial charge on any atom is 0.151 e. The van der Waals surface area contributed by atoms with E-state index in [0.717, 1.165) is 15.1 Å². The minimum absolute atomic E-state index is 0.403. The fourth-order valence-electron chi connectivity index (χ4n) is 2.54. The summed E-state index contributed by atoms with van der Waals surface area (Å²) in [5.74, 6) is 0.943. The van der Waals surface area contributed by atoms with Crippen LogP contribution in [-0.4, -0.2) is 24.2 Å². The van der Waals surface area contributed by atoms with E-state index in [1.807, 2.05) is 19.1 Å². The van der Waals surface area contributed by atoms with Gasteiger partial charge in [0.15, 0.2) is 5.75 Å². The van der Waals surface area contributed by atoms with Gasteiger partial charge in [-0.05, 0) is 54.5 Å². The number of nitrogens with zero attached hydrogens (tertiary/aromatic N) is 1. The average molecular weight is 330 g/mol. The quantitative estimate of drug-likeness (QED) is 0.666. The molecule has 1 aromatic heterocycles. The molecule has 1 aliphatic carbocycles. The summed E-state index contributed by atoms with van der Waals surface area (Å²) < 4.78 is 6.95. The van der Waals surface area contributed by atoms with E-state index in [2.05, 4.69) is 32.9 Å². The van der Waals surface area contributed by atoms with Gasteiger partial charge in [0.2, 0.25) is 0 Å². The third-order valence-corrected chi connectivity index (χ3v) is 4.34. The van der Waals surface area contributed by atoms with Crippen molar-refractivity contribution in [2.24, 2.45) is 5.41 Å². The van der Waals surface area contributed by atoms with Gasteiger partial charge in [0.1, 0.15) is 9.80 Å². The first-order valence-electron chi connectivity index (χ1n) is 5.67. The largest absolute Gasteiger partial charge is 0.488 e. The number of hydrogen-bond acceptors (Lipinski definition) is 3. The highest BCUT2D eigenvalue weighted by atomic mass is 127. The van der Waals surface area contributed by atoms with Crippen LogP contribution in [0.1, 0.15) is 18.5 Å². The lowest BCUT2D eigenvalue weighted by atomic mass is 9.63. The van der Waals surface area contributed by atoms with Crippen LogP contribution >= 0.6 is 22.6 Å². The van der Waals surface area contributed by atoms with Gasteiger partial charge in [-0.3, -0.25) is 0 Å². The number of halogens is 1. The van der Waals surface area contributed by atoms with Crippen molar-refractivity contribution in [3.8, 4) is 5.75 Å². The minimum Gasteiger partial charge on any atom is -0.488 e. The molecule has 4 heteroatoms. The highest BCUT2D eigenvalue weighted by Crippen LogP contribution is 2.46. The van der Waals surface area contributed by atoms with Crippen LogP contribution in [0.2, 0.25) is 0 Å². The predicted molar refractivity (Wildman–Crippen MR) is 70.6 cm³/mol. The van der Waals surface area contributed by atoms with E-state index in [1.54, 1.807) is 0 Å². The number of rotatable bonds is 2. The average Bonchev–Trinajstić information content (AvgIpc) is 2.10. The zero-order chi connectivity index (χ0) is 11.2. The topological polar surface area (TPSA) is 34.1 Å². The van der Waals surface area contributed by atoms with Crippen LogP contribution in [0, 0.1) is 16.0 Å². The SMILES string of the molecule is Cc1ccc(OC2CC3(CNC3)C2)c(I)n1. The van der Waals surface area contributed by atoms with Crippen molar-refractivity contribution in [3.05, 3.63) is 21.5 Å². The van der Waals surface area contributed by atoms with Crippen LogP contribution in [0.25, 0.3) is 0 Å². The van der Waals surface area contributed by atoms with Crippen molar-refractivity contribution in [1.29, 1.82) is 0 Å². The molecular formula is C12H15IN2O. The molecule has 0 atom stereocenters. The molecule has 2 fully saturated rings. The van der Waals surface area contributed by atoms with Crippen LogP contribution in [-0.2, 0) is 0 Å². The Morgan fingerprint density at radius 2 is 2.19 bits per heavy atom. The Hall–Kier alpha value is -0.360. The van der Waals surface area contributed by atoms with E-state index in [0.29, 0.717) is 11.5 Å². The summed E-state index contributed by atoms with van der Waals surface area (Å²) in [5, 5.41) is 3.34.